The lowest BCUT2D eigenvalue weighted by Gasteiger charge is -2.13. The maximum absolute atomic E-state index is 13.0. The monoisotopic (exact) mass is 618 g/mol. The summed E-state index contributed by atoms with van der Waals surface area (Å²) in [5.41, 5.74) is 3.87. The molecule has 1 aliphatic heterocycles. The maximum Gasteiger partial charge on any atom is 0.404 e. The smallest absolute Gasteiger partial charge is 0.404 e. The molecule has 0 aliphatic carbocycles. The maximum atomic E-state index is 13.0. The Morgan fingerprint density at radius 1 is 0.952 bits per heavy atom. The topological polar surface area (TPSA) is 149 Å². The van der Waals surface area contributed by atoms with Crippen LogP contribution in [-0.2, 0) is 19.0 Å². The number of carbonyl (C=O) groups is 2. The molecule has 3 heterocycles. The van der Waals surface area contributed by atoms with Gasteiger partial charge in [0, 0.05) is 34.1 Å². The van der Waals surface area contributed by atoms with E-state index in [9.17, 15) is 9.59 Å². The average molecular weight is 619 g/mol. The van der Waals surface area contributed by atoms with Crippen LogP contribution >= 0.6 is 22.9 Å². The van der Waals surface area contributed by atoms with Crippen LogP contribution in [0.15, 0.2) is 29.3 Å². The fourth-order valence-corrected chi connectivity index (χ4v) is 5.75. The van der Waals surface area contributed by atoms with E-state index in [4.69, 9.17) is 35.9 Å². The number of aliphatic imine (C=N–C) groups is 1. The van der Waals surface area contributed by atoms with Gasteiger partial charge in [0.05, 0.1) is 51.8 Å². The van der Waals surface area contributed by atoms with Crippen LogP contribution < -0.4 is 10.6 Å². The van der Waals surface area contributed by atoms with Crippen LogP contribution in [-0.4, -0.2) is 90.3 Å². The number of nitrogens with zero attached hydrogens (tertiary/aromatic N) is 4. The van der Waals surface area contributed by atoms with E-state index in [0.717, 1.165) is 33.2 Å². The van der Waals surface area contributed by atoms with Gasteiger partial charge in [-0.15, -0.1) is 21.5 Å². The highest BCUT2D eigenvalue weighted by atomic mass is 35.5. The van der Waals surface area contributed by atoms with Crippen molar-refractivity contribution in [3.05, 3.63) is 62.5 Å². The molecule has 0 bridgehead atoms. The number of nitrogens with one attached hydrogen (secondary N) is 2. The summed E-state index contributed by atoms with van der Waals surface area (Å²) in [6.45, 7) is 8.77. The normalized spacial score (nSPS) is 14.1. The zero-order valence-corrected chi connectivity index (χ0v) is 25.4. The van der Waals surface area contributed by atoms with Crippen LogP contribution in [0.25, 0.3) is 5.00 Å². The molecule has 2 aromatic heterocycles. The summed E-state index contributed by atoms with van der Waals surface area (Å²) < 4.78 is 18.2. The Kier molecular flexibility index (Phi) is 11.4. The first-order valence-corrected chi connectivity index (χ1v) is 14.8. The second-order valence-electron chi connectivity index (χ2n) is 9.53. The molecule has 4 rings (SSSR count). The molecule has 0 fully saturated rings. The lowest BCUT2D eigenvalue weighted by Crippen LogP contribution is -2.29. The lowest BCUT2D eigenvalue weighted by atomic mass is 9.99. The van der Waals surface area contributed by atoms with E-state index in [1.807, 2.05) is 35.8 Å². The van der Waals surface area contributed by atoms with Crippen LogP contribution in [0.2, 0.25) is 5.02 Å². The minimum Gasteiger partial charge on any atom is -0.465 e. The van der Waals surface area contributed by atoms with E-state index in [1.54, 1.807) is 11.3 Å². The van der Waals surface area contributed by atoms with E-state index in [2.05, 4.69) is 34.7 Å². The third kappa shape index (κ3) is 8.13. The number of ether oxygens (including phenoxy) is 3. The Morgan fingerprint density at radius 3 is 2.21 bits per heavy atom. The Bertz CT molecular complexity index is 1410. The predicted molar refractivity (Wildman–Crippen MR) is 159 cm³/mol. The van der Waals surface area contributed by atoms with E-state index in [-0.39, 0.29) is 25.5 Å². The molecule has 0 saturated carbocycles. The van der Waals surface area contributed by atoms with Gasteiger partial charge in [0.25, 0.3) is 0 Å². The highest BCUT2D eigenvalue weighted by molar-refractivity contribution is 7.15. The highest BCUT2D eigenvalue weighted by Crippen LogP contribution is 2.39. The van der Waals surface area contributed by atoms with Crippen LogP contribution in [0.4, 0.5) is 4.79 Å². The summed E-state index contributed by atoms with van der Waals surface area (Å²) in [5.74, 6) is 1.20. The van der Waals surface area contributed by atoms with Crippen LogP contribution in [0.1, 0.15) is 45.7 Å². The second kappa shape index (κ2) is 15.2. The summed E-state index contributed by atoms with van der Waals surface area (Å²) in [6.07, 6.45) is -0.973. The lowest BCUT2D eigenvalue weighted by molar-refractivity contribution is -0.121. The Labute approximate surface area is 253 Å². The molecule has 0 unspecified atom stereocenters. The van der Waals surface area contributed by atoms with Gasteiger partial charge in [-0.05, 0) is 38.5 Å². The Morgan fingerprint density at radius 2 is 1.57 bits per heavy atom. The van der Waals surface area contributed by atoms with Gasteiger partial charge in [-0.2, -0.15) is 0 Å². The molecule has 12 nitrogen and oxygen atoms in total. The summed E-state index contributed by atoms with van der Waals surface area (Å²) in [5, 5.41) is 24.0. The Balaban J connectivity index is 1.30. The number of aryl methyl sites for hydroxylation is 2. The molecule has 0 spiro atoms. The molecule has 226 valence electrons. The molecular formula is C28H35ClN6O6S. The van der Waals surface area contributed by atoms with Crippen molar-refractivity contribution >= 4 is 40.6 Å². The van der Waals surface area contributed by atoms with Gasteiger partial charge >= 0.3 is 6.09 Å². The SMILES string of the molecule is Cc1sc2c(c1C)C(c1ccc(Cl)cc1)=N[C@@H](CC(=O)NCCOCCOCCOCCNC(=O)O)c1nnc(C)n1-2. The number of halogens is 1. The van der Waals surface area contributed by atoms with E-state index in [0.29, 0.717) is 50.4 Å². The molecular weight excluding hydrogens is 584 g/mol. The molecule has 3 N–H and O–H groups in total. The van der Waals surface area contributed by atoms with Gasteiger partial charge in [-0.25, -0.2) is 4.79 Å². The Hall–Kier alpha value is -3.36. The quantitative estimate of drug-likeness (QED) is 0.219. The van der Waals surface area contributed by atoms with E-state index < -0.39 is 12.1 Å². The van der Waals surface area contributed by atoms with Crippen molar-refractivity contribution in [1.82, 2.24) is 25.4 Å². The van der Waals surface area contributed by atoms with Crippen molar-refractivity contribution in [2.24, 2.45) is 4.99 Å². The molecule has 1 aliphatic rings. The number of amides is 2. The van der Waals surface area contributed by atoms with Crippen molar-refractivity contribution in [1.29, 1.82) is 0 Å². The van der Waals surface area contributed by atoms with Crippen molar-refractivity contribution in [3.8, 4) is 5.00 Å². The third-order valence-electron chi connectivity index (χ3n) is 6.57. The minimum atomic E-state index is -1.08. The van der Waals surface area contributed by atoms with Gasteiger partial charge in [-0.1, -0.05) is 23.7 Å². The fraction of sp³-hybridized carbons (Fsp3) is 0.464. The molecule has 42 heavy (non-hydrogen) atoms. The number of hydrogen-bond donors (Lipinski definition) is 3. The number of benzene rings is 1. The molecule has 0 radical (unpaired) electrons. The van der Waals surface area contributed by atoms with Gasteiger partial charge in [0.1, 0.15) is 16.9 Å². The first kappa shape index (κ1) is 31.6. The zero-order chi connectivity index (χ0) is 30.1. The second-order valence-corrected chi connectivity index (χ2v) is 11.2. The number of rotatable bonds is 15. The van der Waals surface area contributed by atoms with Crippen molar-refractivity contribution in [2.75, 3.05) is 52.7 Å². The van der Waals surface area contributed by atoms with Gasteiger partial charge < -0.3 is 30.0 Å². The first-order chi connectivity index (χ1) is 20.3. The molecule has 3 aromatic rings. The number of fused-ring (bicyclic) bond motifs is 3. The van der Waals surface area contributed by atoms with Gasteiger partial charge in [0.2, 0.25) is 5.91 Å². The van der Waals surface area contributed by atoms with Crippen molar-refractivity contribution in [2.45, 2.75) is 33.2 Å². The first-order valence-electron chi connectivity index (χ1n) is 13.6. The summed E-state index contributed by atoms with van der Waals surface area (Å²) in [7, 11) is 0. The minimum absolute atomic E-state index is 0.104. The number of hydrogen-bond acceptors (Lipinski definition) is 9. The summed E-state index contributed by atoms with van der Waals surface area (Å²) >= 11 is 7.84. The van der Waals surface area contributed by atoms with E-state index >= 15 is 0 Å². The molecule has 1 aromatic carbocycles. The largest absolute Gasteiger partial charge is 0.465 e. The van der Waals surface area contributed by atoms with Gasteiger partial charge in [0.15, 0.2) is 5.82 Å². The van der Waals surface area contributed by atoms with Crippen molar-refractivity contribution < 1.29 is 28.9 Å². The molecule has 0 saturated heterocycles. The van der Waals surface area contributed by atoms with Crippen molar-refractivity contribution in [3.63, 3.8) is 0 Å². The van der Waals surface area contributed by atoms with Crippen LogP contribution in [0.3, 0.4) is 0 Å². The molecule has 2 amide bonds. The number of carbonyl (C=O) groups excluding carboxylic acids is 1. The standard InChI is InChI=1S/C28H35ClN6O6S/c1-17-18(2)42-27-24(17)25(20-4-6-21(29)7-5-20)32-22(26-34-33-19(3)35(26)27)16-23(36)30-8-10-39-12-14-41-15-13-40-11-9-31-28(37)38/h4-7,22,31H,8-16H2,1-3H3,(H,30,36)(H,37,38)/t22-/m0/s1. The van der Waals surface area contributed by atoms with E-state index in [1.165, 1.54) is 4.88 Å². The summed E-state index contributed by atoms with van der Waals surface area (Å²) in [6, 6.07) is 7.04. The fourth-order valence-electron chi connectivity index (χ4n) is 4.41. The predicted octanol–water partition coefficient (Wildman–Crippen LogP) is 3.62. The molecule has 1 atom stereocenters. The number of carboxylic acid groups (broad SMARTS) is 1. The summed E-state index contributed by atoms with van der Waals surface area (Å²) in [4.78, 5) is 29.6. The van der Waals surface area contributed by atoms with Crippen LogP contribution in [0.5, 0.6) is 0 Å². The number of aromatic nitrogens is 3. The number of thiophene rings is 1. The van der Waals surface area contributed by atoms with Gasteiger partial charge in [-0.3, -0.25) is 14.4 Å². The third-order valence-corrected chi connectivity index (χ3v) is 8.02. The zero-order valence-electron chi connectivity index (χ0n) is 23.8. The average Bonchev–Trinajstić information content (AvgIpc) is 3.43. The molecule has 14 heteroatoms. The highest BCUT2D eigenvalue weighted by Gasteiger charge is 2.32. The van der Waals surface area contributed by atoms with Crippen LogP contribution in [0, 0.1) is 20.8 Å².